The lowest BCUT2D eigenvalue weighted by Crippen LogP contribution is -2.44. The fourth-order valence-corrected chi connectivity index (χ4v) is 6.14. The molecule has 0 saturated carbocycles. The van der Waals surface area contributed by atoms with Crippen LogP contribution in [-0.4, -0.2) is 34.5 Å². The number of halogens is 2. The third kappa shape index (κ3) is 8.58. The molecule has 5 nitrogen and oxygen atoms in total. The summed E-state index contributed by atoms with van der Waals surface area (Å²) < 4.78 is 27.7. The van der Waals surface area contributed by atoms with Gasteiger partial charge in [0.25, 0.3) is 11.8 Å². The molecular formula is C38H46F2N4O. The van der Waals surface area contributed by atoms with E-state index in [-0.39, 0.29) is 17.5 Å². The van der Waals surface area contributed by atoms with Gasteiger partial charge in [0.05, 0.1) is 11.6 Å². The summed E-state index contributed by atoms with van der Waals surface area (Å²) in [6, 6.07) is 22.8. The molecule has 0 spiro atoms. The molecule has 5 rings (SSSR count). The molecule has 2 heterocycles. The Hall–Kier alpha value is -4.02. The van der Waals surface area contributed by atoms with E-state index in [1.54, 1.807) is 12.1 Å². The van der Waals surface area contributed by atoms with E-state index in [1.165, 1.54) is 39.9 Å². The van der Waals surface area contributed by atoms with Crippen LogP contribution in [0, 0.1) is 11.3 Å². The van der Waals surface area contributed by atoms with Crippen molar-refractivity contribution in [2.75, 3.05) is 13.1 Å². The lowest BCUT2D eigenvalue weighted by molar-refractivity contribution is 0.0174. The van der Waals surface area contributed by atoms with E-state index in [0.717, 1.165) is 76.2 Å². The molecule has 1 N–H and O–H groups in total. The predicted octanol–water partition coefficient (Wildman–Crippen LogP) is 8.32. The highest BCUT2D eigenvalue weighted by molar-refractivity contribution is 5.99. The van der Waals surface area contributed by atoms with Crippen molar-refractivity contribution in [2.45, 2.75) is 84.7 Å². The largest absolute Gasteiger partial charge is 0.349 e. The molecule has 238 valence electrons. The normalized spacial score (nSPS) is 14.1. The molecule has 1 aliphatic rings. The first-order valence-corrected chi connectivity index (χ1v) is 16.2. The van der Waals surface area contributed by atoms with Crippen molar-refractivity contribution in [3.63, 3.8) is 0 Å². The van der Waals surface area contributed by atoms with Crippen LogP contribution in [0.25, 0.3) is 10.9 Å². The molecule has 45 heavy (non-hydrogen) atoms. The van der Waals surface area contributed by atoms with Gasteiger partial charge in [0.1, 0.15) is 0 Å². The Labute approximate surface area is 266 Å². The molecule has 0 unspecified atom stereocenters. The number of piperidine rings is 1. The van der Waals surface area contributed by atoms with Crippen LogP contribution in [-0.2, 0) is 38.8 Å². The molecule has 1 aliphatic heterocycles. The average molecular weight is 613 g/mol. The second-order valence-electron chi connectivity index (χ2n) is 12.1. The van der Waals surface area contributed by atoms with E-state index in [1.807, 2.05) is 37.3 Å². The molecule has 1 aromatic heterocycles. The van der Waals surface area contributed by atoms with Crippen LogP contribution in [0.1, 0.15) is 90.8 Å². The van der Waals surface area contributed by atoms with Gasteiger partial charge in [-0.25, -0.2) is 8.78 Å². The molecule has 1 fully saturated rings. The lowest BCUT2D eigenvalue weighted by Gasteiger charge is -2.32. The molecule has 3 aromatic carbocycles. The molecule has 7 heteroatoms. The number of amides is 1. The highest BCUT2D eigenvalue weighted by atomic mass is 19.3. The zero-order valence-corrected chi connectivity index (χ0v) is 27.3. The number of hydrogen-bond donors (Lipinski definition) is 1. The third-order valence-corrected chi connectivity index (χ3v) is 8.82. The van der Waals surface area contributed by atoms with E-state index < -0.39 is 5.92 Å². The van der Waals surface area contributed by atoms with E-state index in [4.69, 9.17) is 5.26 Å². The van der Waals surface area contributed by atoms with Gasteiger partial charge in [0.15, 0.2) is 0 Å². The molecule has 1 amide bonds. The molecular weight excluding hydrogens is 566 g/mol. The number of carbonyl (C=O) groups excluding carboxylic acids is 1. The summed E-state index contributed by atoms with van der Waals surface area (Å²) in [5.74, 6) is -2.68. The zero-order chi connectivity index (χ0) is 32.6. The molecule has 0 atom stereocenters. The van der Waals surface area contributed by atoms with Crippen LogP contribution < -0.4 is 5.32 Å². The van der Waals surface area contributed by atoms with Crippen molar-refractivity contribution in [3.8, 4) is 6.07 Å². The zero-order valence-electron chi connectivity index (χ0n) is 27.3. The minimum absolute atomic E-state index is 0.0328. The minimum atomic E-state index is -2.72. The van der Waals surface area contributed by atoms with Crippen molar-refractivity contribution in [1.29, 1.82) is 5.26 Å². The SMILES string of the molecule is CCCc1c(CC)c2cc(C(=O)NC3CCN(Cc4ccc(C#N)cc4)CC3)ccc2n1C.CCc1ccc(C(C)(F)F)cc1. The second-order valence-corrected chi connectivity index (χ2v) is 12.1. The van der Waals surface area contributed by atoms with Gasteiger partial charge in [0.2, 0.25) is 0 Å². The summed E-state index contributed by atoms with van der Waals surface area (Å²) >= 11 is 0. The van der Waals surface area contributed by atoms with E-state index in [9.17, 15) is 13.6 Å². The molecule has 0 radical (unpaired) electrons. The Morgan fingerprint density at radius 1 is 0.956 bits per heavy atom. The molecule has 0 aliphatic carbocycles. The van der Waals surface area contributed by atoms with Gasteiger partial charge >= 0.3 is 0 Å². The third-order valence-electron chi connectivity index (χ3n) is 8.82. The number of aryl methyl sites for hydroxylation is 3. The van der Waals surface area contributed by atoms with Crippen LogP contribution >= 0.6 is 0 Å². The van der Waals surface area contributed by atoms with Gasteiger partial charge in [-0.1, -0.05) is 63.6 Å². The Morgan fingerprint density at radius 3 is 2.16 bits per heavy atom. The Balaban J connectivity index is 0.000000323. The minimum Gasteiger partial charge on any atom is -0.349 e. The van der Waals surface area contributed by atoms with Gasteiger partial charge in [-0.05, 0) is 79.1 Å². The van der Waals surface area contributed by atoms with Crippen molar-refractivity contribution < 1.29 is 13.6 Å². The van der Waals surface area contributed by atoms with E-state index >= 15 is 0 Å². The first kappa shape index (κ1) is 33.9. The fourth-order valence-electron chi connectivity index (χ4n) is 6.14. The first-order chi connectivity index (χ1) is 21.6. The number of nitriles is 1. The maximum absolute atomic E-state index is 13.0. The first-order valence-electron chi connectivity index (χ1n) is 16.2. The van der Waals surface area contributed by atoms with Crippen LogP contribution in [0.2, 0.25) is 0 Å². The average Bonchev–Trinajstić information content (AvgIpc) is 3.32. The van der Waals surface area contributed by atoms with E-state index in [0.29, 0.717) is 5.56 Å². The van der Waals surface area contributed by atoms with Gasteiger partial charge in [0, 0.05) is 67.4 Å². The maximum atomic E-state index is 13.0. The van der Waals surface area contributed by atoms with Crippen LogP contribution in [0.3, 0.4) is 0 Å². The van der Waals surface area contributed by atoms with Crippen LogP contribution in [0.5, 0.6) is 0 Å². The smallest absolute Gasteiger partial charge is 0.270 e. The number of likely N-dealkylation sites (tertiary alicyclic amines) is 1. The van der Waals surface area contributed by atoms with Crippen molar-refractivity contribution in [1.82, 2.24) is 14.8 Å². The topological polar surface area (TPSA) is 61.1 Å². The van der Waals surface area contributed by atoms with Gasteiger partial charge in [-0.3, -0.25) is 9.69 Å². The van der Waals surface area contributed by atoms with Crippen molar-refractivity contribution in [2.24, 2.45) is 7.05 Å². The number of rotatable bonds is 9. The number of alkyl halides is 2. The van der Waals surface area contributed by atoms with E-state index in [2.05, 4.69) is 53.9 Å². The number of hydrogen-bond acceptors (Lipinski definition) is 3. The Kier molecular flexibility index (Phi) is 11.5. The number of carbonyl (C=O) groups is 1. The Bertz CT molecular complexity index is 1600. The maximum Gasteiger partial charge on any atom is 0.270 e. The lowest BCUT2D eigenvalue weighted by atomic mass is 10.0. The summed E-state index contributed by atoms with van der Waals surface area (Å²) in [5.41, 5.74) is 7.82. The summed E-state index contributed by atoms with van der Waals surface area (Å²) in [4.78, 5) is 15.5. The Morgan fingerprint density at radius 2 is 1.60 bits per heavy atom. The fraction of sp³-hybridized carbons (Fsp3) is 0.421. The highest BCUT2D eigenvalue weighted by Gasteiger charge is 2.24. The number of aromatic nitrogens is 1. The summed E-state index contributed by atoms with van der Waals surface area (Å²) in [6.07, 6.45) is 5.96. The summed E-state index contributed by atoms with van der Waals surface area (Å²) in [7, 11) is 2.14. The van der Waals surface area contributed by atoms with Crippen molar-refractivity contribution in [3.05, 3.63) is 106 Å². The van der Waals surface area contributed by atoms with Gasteiger partial charge < -0.3 is 9.88 Å². The molecule has 0 bridgehead atoms. The molecule has 1 saturated heterocycles. The summed E-state index contributed by atoms with van der Waals surface area (Å²) in [6.45, 7) is 10.1. The number of fused-ring (bicyclic) bond motifs is 1. The van der Waals surface area contributed by atoms with Crippen LogP contribution in [0.15, 0.2) is 66.7 Å². The van der Waals surface area contributed by atoms with Crippen molar-refractivity contribution >= 4 is 16.8 Å². The number of nitrogens with one attached hydrogen (secondary N) is 1. The van der Waals surface area contributed by atoms with Crippen LogP contribution in [0.4, 0.5) is 8.78 Å². The van der Waals surface area contributed by atoms with Gasteiger partial charge in [-0.2, -0.15) is 5.26 Å². The summed E-state index contributed by atoms with van der Waals surface area (Å²) in [5, 5.41) is 13.4. The standard InChI is InChI=1S/C28H34N4O.C10H12F2/c1-4-6-26-24(5-2)25-17-22(11-12-27(25)31(26)3)28(33)30-23-13-15-32(16-14-23)19-21-9-7-20(18-29)8-10-21;1-3-8-4-6-9(7-5-8)10(2,11)12/h7-12,17,23H,4-6,13-16,19H2,1-3H3,(H,30,33);4-7H,3H2,1-2H3. The predicted molar refractivity (Wildman–Crippen MR) is 179 cm³/mol. The highest BCUT2D eigenvalue weighted by Crippen LogP contribution is 2.29. The monoisotopic (exact) mass is 612 g/mol. The van der Waals surface area contributed by atoms with Gasteiger partial charge in [-0.15, -0.1) is 0 Å². The molecule has 4 aromatic rings. The second kappa shape index (κ2) is 15.3. The number of benzene rings is 3. The quantitative estimate of drug-likeness (QED) is 0.207. The number of nitrogens with zero attached hydrogens (tertiary/aromatic N) is 3.